The van der Waals surface area contributed by atoms with Gasteiger partial charge in [0.1, 0.15) is 11.6 Å². The maximum Gasteiger partial charge on any atom is 0.251 e. The van der Waals surface area contributed by atoms with E-state index in [1.54, 1.807) is 6.92 Å². The zero-order valence-corrected chi connectivity index (χ0v) is 11.4. The van der Waals surface area contributed by atoms with Gasteiger partial charge in [-0.05, 0) is 32.0 Å². The van der Waals surface area contributed by atoms with Crippen LogP contribution in [0.2, 0.25) is 0 Å². The van der Waals surface area contributed by atoms with Crippen LogP contribution in [0.15, 0.2) is 27.5 Å². The molecule has 0 unspecified atom stereocenters. The molecule has 4 nitrogen and oxygen atoms in total. The number of halogens is 1. The summed E-state index contributed by atoms with van der Waals surface area (Å²) in [7, 11) is 0. The molecule has 0 aliphatic rings. The van der Waals surface area contributed by atoms with E-state index in [0.717, 1.165) is 11.5 Å². The number of benzene rings is 1. The number of nitrogens with zero attached hydrogens (tertiary/aromatic N) is 1. The molecule has 1 heterocycles. The highest BCUT2D eigenvalue weighted by molar-refractivity contribution is 7.80. The molecule has 1 N–H and O–H groups in total. The van der Waals surface area contributed by atoms with Crippen molar-refractivity contribution in [2.45, 2.75) is 25.3 Å². The molecule has 1 aromatic carbocycles. The molecule has 0 fully saturated rings. The minimum absolute atomic E-state index is 0.135. The number of rotatable bonds is 3. The quantitative estimate of drug-likeness (QED) is 0.850. The third kappa shape index (κ3) is 3.14. The van der Waals surface area contributed by atoms with Crippen LogP contribution in [-0.2, 0) is 6.54 Å². The average Bonchev–Trinajstić information content (AvgIpc) is 2.69. The van der Waals surface area contributed by atoms with Crippen LogP contribution in [0.5, 0.6) is 0 Å². The summed E-state index contributed by atoms with van der Waals surface area (Å²) in [6, 6.07) is 3.98. The van der Waals surface area contributed by atoms with Gasteiger partial charge in [0.15, 0.2) is 0 Å². The van der Waals surface area contributed by atoms with Crippen LogP contribution in [0.3, 0.4) is 0 Å². The topological polar surface area (TPSA) is 55.1 Å². The summed E-state index contributed by atoms with van der Waals surface area (Å²) in [5, 5.41) is 2.65. The van der Waals surface area contributed by atoms with Crippen LogP contribution in [0, 0.1) is 19.7 Å². The second kappa shape index (κ2) is 5.44. The van der Waals surface area contributed by atoms with E-state index >= 15 is 0 Å². The van der Waals surface area contributed by atoms with Crippen molar-refractivity contribution in [1.82, 2.24) is 10.3 Å². The first-order chi connectivity index (χ1) is 8.97. The summed E-state index contributed by atoms with van der Waals surface area (Å²) in [6.07, 6.45) is 0. The second-order valence-corrected chi connectivity index (χ2v) is 4.58. The lowest BCUT2D eigenvalue weighted by Crippen LogP contribution is -2.23. The molecule has 0 saturated carbocycles. The van der Waals surface area contributed by atoms with Crippen molar-refractivity contribution >= 4 is 18.5 Å². The van der Waals surface area contributed by atoms with Crippen molar-refractivity contribution in [2.75, 3.05) is 0 Å². The van der Waals surface area contributed by atoms with E-state index in [-0.39, 0.29) is 17.3 Å². The van der Waals surface area contributed by atoms with Gasteiger partial charge in [0.2, 0.25) is 5.89 Å². The molecule has 0 radical (unpaired) electrons. The first-order valence-corrected chi connectivity index (χ1v) is 6.11. The molecule has 0 saturated heterocycles. The van der Waals surface area contributed by atoms with E-state index < -0.39 is 5.82 Å². The molecule has 0 atom stereocenters. The van der Waals surface area contributed by atoms with Gasteiger partial charge < -0.3 is 9.73 Å². The predicted molar refractivity (Wildman–Crippen MR) is 70.8 cm³/mol. The molecule has 0 bridgehead atoms. The molecule has 1 amide bonds. The second-order valence-electron chi connectivity index (χ2n) is 4.10. The van der Waals surface area contributed by atoms with Gasteiger partial charge >= 0.3 is 0 Å². The van der Waals surface area contributed by atoms with E-state index in [1.165, 1.54) is 18.2 Å². The van der Waals surface area contributed by atoms with Gasteiger partial charge in [0, 0.05) is 10.5 Å². The van der Waals surface area contributed by atoms with E-state index in [4.69, 9.17) is 4.42 Å². The normalized spacial score (nSPS) is 10.5. The minimum Gasteiger partial charge on any atom is -0.444 e. The highest BCUT2D eigenvalue weighted by Gasteiger charge is 2.10. The molecule has 2 rings (SSSR count). The van der Waals surface area contributed by atoms with E-state index in [0.29, 0.717) is 11.5 Å². The number of carbonyl (C=O) groups excluding carboxylic acids is 1. The van der Waals surface area contributed by atoms with Gasteiger partial charge in [-0.2, -0.15) is 0 Å². The SMILES string of the molecule is Cc1nc(CNC(=O)c2ccc(F)c(S)c2)oc1C. The fourth-order valence-corrected chi connectivity index (χ4v) is 1.74. The average molecular weight is 280 g/mol. The molecule has 0 aliphatic heterocycles. The number of carbonyl (C=O) groups is 1. The van der Waals surface area contributed by atoms with E-state index in [2.05, 4.69) is 22.9 Å². The molecule has 6 heteroatoms. The van der Waals surface area contributed by atoms with Gasteiger partial charge in [0.05, 0.1) is 12.2 Å². The Hall–Kier alpha value is -1.82. The number of amides is 1. The lowest BCUT2D eigenvalue weighted by molar-refractivity contribution is 0.0947. The van der Waals surface area contributed by atoms with Gasteiger partial charge in [-0.15, -0.1) is 12.6 Å². The number of hydrogen-bond donors (Lipinski definition) is 2. The largest absolute Gasteiger partial charge is 0.444 e. The zero-order chi connectivity index (χ0) is 14.0. The molecule has 1 aromatic heterocycles. The third-order valence-electron chi connectivity index (χ3n) is 2.68. The van der Waals surface area contributed by atoms with Crippen LogP contribution in [-0.4, -0.2) is 10.9 Å². The predicted octanol–water partition coefficient (Wildman–Crippen LogP) is 2.65. The van der Waals surface area contributed by atoms with Crippen molar-refractivity contribution in [1.29, 1.82) is 0 Å². The maximum absolute atomic E-state index is 13.0. The summed E-state index contributed by atoms with van der Waals surface area (Å²) < 4.78 is 18.4. The standard InChI is InChI=1S/C13H13FN2O2S/c1-7-8(2)18-12(16-7)6-15-13(17)9-3-4-10(14)11(19)5-9/h3-5,19H,6H2,1-2H3,(H,15,17). The number of hydrogen-bond acceptors (Lipinski definition) is 4. The summed E-state index contributed by atoms with van der Waals surface area (Å²) >= 11 is 3.93. The lowest BCUT2D eigenvalue weighted by Gasteiger charge is -2.04. The van der Waals surface area contributed by atoms with Crippen molar-refractivity contribution < 1.29 is 13.6 Å². The van der Waals surface area contributed by atoms with Crippen molar-refractivity contribution in [3.05, 3.63) is 46.9 Å². The fraction of sp³-hybridized carbons (Fsp3) is 0.231. The Labute approximate surface area is 115 Å². The summed E-state index contributed by atoms with van der Waals surface area (Å²) in [6.45, 7) is 3.82. The lowest BCUT2D eigenvalue weighted by atomic mass is 10.2. The molecule has 0 spiro atoms. The van der Waals surface area contributed by atoms with Gasteiger partial charge in [0.25, 0.3) is 5.91 Å². The molecule has 0 aliphatic carbocycles. The van der Waals surface area contributed by atoms with Crippen molar-refractivity contribution in [3.8, 4) is 0 Å². The molecular formula is C13H13FN2O2S. The van der Waals surface area contributed by atoms with Crippen LogP contribution in [0.1, 0.15) is 27.7 Å². The molecule has 2 aromatic rings. The van der Waals surface area contributed by atoms with Gasteiger partial charge in [-0.25, -0.2) is 9.37 Å². The molecule has 100 valence electrons. The van der Waals surface area contributed by atoms with Gasteiger partial charge in [-0.1, -0.05) is 0 Å². The number of nitrogens with one attached hydrogen (secondary N) is 1. The monoisotopic (exact) mass is 280 g/mol. The molecule has 19 heavy (non-hydrogen) atoms. The Morgan fingerprint density at radius 3 is 2.79 bits per heavy atom. The van der Waals surface area contributed by atoms with Gasteiger partial charge in [-0.3, -0.25) is 4.79 Å². The Morgan fingerprint density at radius 1 is 1.47 bits per heavy atom. The Balaban J connectivity index is 2.03. The number of aromatic nitrogens is 1. The van der Waals surface area contributed by atoms with Crippen LogP contribution >= 0.6 is 12.6 Å². The molecular weight excluding hydrogens is 267 g/mol. The van der Waals surface area contributed by atoms with Crippen LogP contribution in [0.4, 0.5) is 4.39 Å². The zero-order valence-electron chi connectivity index (χ0n) is 10.5. The smallest absolute Gasteiger partial charge is 0.251 e. The number of thiol groups is 1. The third-order valence-corrected chi connectivity index (χ3v) is 3.02. The first-order valence-electron chi connectivity index (χ1n) is 5.67. The highest BCUT2D eigenvalue weighted by atomic mass is 32.1. The van der Waals surface area contributed by atoms with Crippen LogP contribution < -0.4 is 5.32 Å². The first kappa shape index (κ1) is 13.6. The Bertz CT molecular complexity index is 606. The Kier molecular flexibility index (Phi) is 3.90. The Morgan fingerprint density at radius 2 is 2.21 bits per heavy atom. The summed E-state index contributed by atoms with van der Waals surface area (Å²) in [4.78, 5) is 16.1. The summed E-state index contributed by atoms with van der Waals surface area (Å²) in [5.41, 5.74) is 1.13. The van der Waals surface area contributed by atoms with Crippen molar-refractivity contribution in [3.63, 3.8) is 0 Å². The van der Waals surface area contributed by atoms with E-state index in [1.807, 2.05) is 6.92 Å². The summed E-state index contributed by atoms with van der Waals surface area (Å²) in [5.74, 6) is 0.378. The minimum atomic E-state index is -0.459. The van der Waals surface area contributed by atoms with Crippen LogP contribution in [0.25, 0.3) is 0 Å². The van der Waals surface area contributed by atoms with Crippen molar-refractivity contribution in [2.24, 2.45) is 0 Å². The fourth-order valence-electron chi connectivity index (χ4n) is 1.53. The number of oxazole rings is 1. The highest BCUT2D eigenvalue weighted by Crippen LogP contribution is 2.14. The number of aryl methyl sites for hydroxylation is 2. The van der Waals surface area contributed by atoms with E-state index in [9.17, 15) is 9.18 Å². The maximum atomic E-state index is 13.0.